The van der Waals surface area contributed by atoms with Crippen molar-refractivity contribution in [2.24, 2.45) is 0 Å². The highest BCUT2D eigenvalue weighted by Crippen LogP contribution is 2.02. The predicted molar refractivity (Wildman–Crippen MR) is 68.6 cm³/mol. The van der Waals surface area contributed by atoms with E-state index < -0.39 is 0 Å². The van der Waals surface area contributed by atoms with Crippen molar-refractivity contribution in [3.05, 3.63) is 35.6 Å². The molecule has 0 spiro atoms. The van der Waals surface area contributed by atoms with Gasteiger partial charge in [-0.15, -0.1) is 0 Å². The normalized spacial score (nSPS) is 10.3. The Labute approximate surface area is 107 Å². The zero-order chi connectivity index (χ0) is 13.2. The van der Waals surface area contributed by atoms with Gasteiger partial charge in [0.2, 0.25) is 0 Å². The average Bonchev–Trinajstić information content (AvgIpc) is 2.34. The lowest BCUT2D eigenvalue weighted by Gasteiger charge is -2.05. The number of esters is 1. The van der Waals surface area contributed by atoms with Crippen LogP contribution >= 0.6 is 0 Å². The minimum Gasteiger partial charge on any atom is -0.466 e. The van der Waals surface area contributed by atoms with Crippen LogP contribution in [0.4, 0.5) is 4.39 Å². The molecule has 4 heteroatoms. The molecule has 0 aliphatic rings. The van der Waals surface area contributed by atoms with Crippen LogP contribution in [0.15, 0.2) is 24.3 Å². The number of unbranched alkanes of at least 4 members (excludes halogenated alkanes) is 2. The minimum absolute atomic E-state index is 0.204. The summed E-state index contributed by atoms with van der Waals surface area (Å²) in [7, 11) is 0. The van der Waals surface area contributed by atoms with E-state index in [-0.39, 0.29) is 11.8 Å². The third kappa shape index (κ3) is 7.01. The van der Waals surface area contributed by atoms with Gasteiger partial charge in [0.05, 0.1) is 6.61 Å². The van der Waals surface area contributed by atoms with Crippen LogP contribution in [0.25, 0.3) is 0 Å². The number of halogens is 1. The fraction of sp³-hybridized carbons (Fsp3) is 0.500. The number of hydrogen-bond donors (Lipinski definition) is 1. The van der Waals surface area contributed by atoms with Crippen molar-refractivity contribution in [1.29, 1.82) is 0 Å². The van der Waals surface area contributed by atoms with Crippen molar-refractivity contribution >= 4 is 5.97 Å². The summed E-state index contributed by atoms with van der Waals surface area (Å²) in [6, 6.07) is 6.50. The van der Waals surface area contributed by atoms with Crippen LogP contribution in [-0.4, -0.2) is 19.1 Å². The molecule has 1 N–H and O–H groups in total. The van der Waals surface area contributed by atoms with E-state index in [1.165, 1.54) is 19.1 Å². The summed E-state index contributed by atoms with van der Waals surface area (Å²) in [5.41, 5.74) is 1.08. The van der Waals surface area contributed by atoms with Crippen molar-refractivity contribution in [3.8, 4) is 0 Å². The third-order valence-corrected chi connectivity index (χ3v) is 2.55. The molecule has 0 aromatic heterocycles. The first-order valence-electron chi connectivity index (χ1n) is 6.27. The van der Waals surface area contributed by atoms with Gasteiger partial charge < -0.3 is 10.1 Å². The summed E-state index contributed by atoms with van der Waals surface area (Å²) in [4.78, 5) is 10.5. The second-order valence-electron chi connectivity index (χ2n) is 4.20. The molecule has 0 saturated heterocycles. The van der Waals surface area contributed by atoms with Crippen molar-refractivity contribution in [2.45, 2.75) is 32.7 Å². The number of hydrogen-bond acceptors (Lipinski definition) is 3. The Morgan fingerprint density at radius 2 is 1.94 bits per heavy atom. The molecule has 1 aromatic carbocycles. The molecule has 0 atom stereocenters. The maximum atomic E-state index is 12.6. The maximum Gasteiger partial charge on any atom is 0.302 e. The Hall–Kier alpha value is -1.42. The lowest BCUT2D eigenvalue weighted by Crippen LogP contribution is -2.14. The Balaban J connectivity index is 1.95. The van der Waals surface area contributed by atoms with Crippen LogP contribution < -0.4 is 5.32 Å². The molecule has 18 heavy (non-hydrogen) atoms. The summed E-state index contributed by atoms with van der Waals surface area (Å²) < 4.78 is 17.5. The summed E-state index contributed by atoms with van der Waals surface area (Å²) in [6.45, 7) is 3.60. The van der Waals surface area contributed by atoms with Gasteiger partial charge in [-0.1, -0.05) is 12.1 Å². The van der Waals surface area contributed by atoms with E-state index in [0.717, 1.165) is 37.9 Å². The Kier molecular flexibility index (Phi) is 7.03. The Bertz CT molecular complexity index is 351. The van der Waals surface area contributed by atoms with E-state index >= 15 is 0 Å². The Morgan fingerprint density at radius 1 is 1.22 bits per heavy atom. The largest absolute Gasteiger partial charge is 0.466 e. The molecule has 0 aliphatic carbocycles. The van der Waals surface area contributed by atoms with Gasteiger partial charge in [-0.05, 0) is 43.5 Å². The lowest BCUT2D eigenvalue weighted by atomic mass is 10.2. The first-order chi connectivity index (χ1) is 8.68. The van der Waals surface area contributed by atoms with Gasteiger partial charge in [0.25, 0.3) is 0 Å². The van der Waals surface area contributed by atoms with Crippen LogP contribution in [0.5, 0.6) is 0 Å². The van der Waals surface area contributed by atoms with Crippen LogP contribution in [-0.2, 0) is 16.1 Å². The molecule has 0 saturated carbocycles. The summed E-state index contributed by atoms with van der Waals surface area (Å²) >= 11 is 0. The fourth-order valence-corrected chi connectivity index (χ4v) is 1.58. The third-order valence-electron chi connectivity index (χ3n) is 2.55. The van der Waals surface area contributed by atoms with Gasteiger partial charge in [0.1, 0.15) is 5.82 Å². The molecular weight excluding hydrogens is 233 g/mol. The highest BCUT2D eigenvalue weighted by Gasteiger charge is 1.95. The second-order valence-corrected chi connectivity index (χ2v) is 4.20. The van der Waals surface area contributed by atoms with Crippen LogP contribution in [0.2, 0.25) is 0 Å². The van der Waals surface area contributed by atoms with Gasteiger partial charge in [0.15, 0.2) is 0 Å². The number of carbonyl (C=O) groups is 1. The molecular formula is C14H20FNO2. The van der Waals surface area contributed by atoms with Crippen molar-refractivity contribution in [3.63, 3.8) is 0 Å². The molecule has 0 unspecified atom stereocenters. The van der Waals surface area contributed by atoms with E-state index in [4.69, 9.17) is 4.74 Å². The maximum absolute atomic E-state index is 12.6. The zero-order valence-corrected chi connectivity index (χ0v) is 10.7. The summed E-state index contributed by atoms with van der Waals surface area (Å²) in [6.07, 6.45) is 2.98. The van der Waals surface area contributed by atoms with E-state index in [1.54, 1.807) is 12.1 Å². The lowest BCUT2D eigenvalue weighted by molar-refractivity contribution is -0.141. The van der Waals surface area contributed by atoms with E-state index in [1.807, 2.05) is 0 Å². The van der Waals surface area contributed by atoms with E-state index in [2.05, 4.69) is 5.32 Å². The van der Waals surface area contributed by atoms with Crippen molar-refractivity contribution in [2.75, 3.05) is 13.2 Å². The smallest absolute Gasteiger partial charge is 0.302 e. The highest BCUT2D eigenvalue weighted by molar-refractivity contribution is 5.65. The molecule has 0 amide bonds. The molecule has 0 heterocycles. The number of nitrogens with one attached hydrogen (secondary N) is 1. The number of rotatable bonds is 8. The number of carbonyl (C=O) groups excluding carboxylic acids is 1. The molecule has 0 fully saturated rings. The molecule has 0 aliphatic heterocycles. The van der Waals surface area contributed by atoms with Crippen molar-refractivity contribution in [1.82, 2.24) is 5.32 Å². The van der Waals surface area contributed by atoms with Gasteiger partial charge in [-0.3, -0.25) is 4.79 Å². The Morgan fingerprint density at radius 3 is 2.61 bits per heavy atom. The molecule has 1 rings (SSSR count). The quantitative estimate of drug-likeness (QED) is 0.572. The fourth-order valence-electron chi connectivity index (χ4n) is 1.58. The number of ether oxygens (including phenoxy) is 1. The van der Waals surface area contributed by atoms with Crippen LogP contribution in [0, 0.1) is 5.82 Å². The number of benzene rings is 1. The average molecular weight is 253 g/mol. The first kappa shape index (κ1) is 14.6. The van der Waals surface area contributed by atoms with Gasteiger partial charge in [0, 0.05) is 13.5 Å². The van der Waals surface area contributed by atoms with Gasteiger partial charge >= 0.3 is 5.97 Å². The van der Waals surface area contributed by atoms with Gasteiger partial charge in [-0.2, -0.15) is 0 Å². The molecule has 0 bridgehead atoms. The molecule has 0 radical (unpaired) electrons. The zero-order valence-electron chi connectivity index (χ0n) is 10.7. The minimum atomic E-state index is -0.218. The van der Waals surface area contributed by atoms with Gasteiger partial charge in [-0.25, -0.2) is 4.39 Å². The summed E-state index contributed by atoms with van der Waals surface area (Å²) in [5.74, 6) is -0.423. The first-order valence-corrected chi connectivity index (χ1v) is 6.27. The van der Waals surface area contributed by atoms with E-state index in [0.29, 0.717) is 6.61 Å². The second kappa shape index (κ2) is 8.64. The van der Waals surface area contributed by atoms with Crippen molar-refractivity contribution < 1.29 is 13.9 Å². The predicted octanol–water partition coefficient (Wildman–Crippen LogP) is 2.65. The molecule has 100 valence electrons. The standard InChI is InChI=1S/C14H20FNO2/c1-12(17)18-10-4-2-3-9-16-11-13-5-7-14(15)8-6-13/h5-8,16H,2-4,9-11H2,1H3. The monoisotopic (exact) mass is 253 g/mol. The van der Waals surface area contributed by atoms with Crippen LogP contribution in [0.3, 0.4) is 0 Å². The highest BCUT2D eigenvalue weighted by atomic mass is 19.1. The topological polar surface area (TPSA) is 38.3 Å². The van der Waals surface area contributed by atoms with Crippen LogP contribution in [0.1, 0.15) is 31.7 Å². The van der Waals surface area contributed by atoms with E-state index in [9.17, 15) is 9.18 Å². The summed E-state index contributed by atoms with van der Waals surface area (Å²) in [5, 5.41) is 3.29. The SMILES string of the molecule is CC(=O)OCCCCCNCc1ccc(F)cc1. The molecule has 3 nitrogen and oxygen atoms in total. The molecule has 1 aromatic rings.